The fourth-order valence-electron chi connectivity index (χ4n) is 2.33. The topological polar surface area (TPSA) is 85.9 Å². The number of hydrogen-bond donors (Lipinski definition) is 2. The van der Waals surface area contributed by atoms with Gasteiger partial charge in [0, 0.05) is 5.56 Å². The van der Waals surface area contributed by atoms with Crippen LogP contribution in [0.3, 0.4) is 0 Å². The van der Waals surface area contributed by atoms with E-state index < -0.39 is 5.91 Å². The number of ether oxygens (including phenoxy) is 3. The van der Waals surface area contributed by atoms with Crippen molar-refractivity contribution in [1.82, 2.24) is 10.9 Å². The fraction of sp³-hybridized carbons (Fsp3) is 0.300. The van der Waals surface area contributed by atoms with E-state index in [1.165, 1.54) is 7.11 Å². The van der Waals surface area contributed by atoms with Crippen molar-refractivity contribution in [2.24, 2.45) is 0 Å². The quantitative estimate of drug-likeness (QED) is 0.730. The predicted molar refractivity (Wildman–Crippen MR) is 101 cm³/mol. The number of rotatable bonds is 7. The molecule has 0 atom stereocenters. The lowest BCUT2D eigenvalue weighted by Gasteiger charge is -2.14. The van der Waals surface area contributed by atoms with Crippen LogP contribution in [0.2, 0.25) is 0 Å². The third kappa shape index (κ3) is 5.91. The number of hydrogen-bond acceptors (Lipinski definition) is 5. The van der Waals surface area contributed by atoms with Gasteiger partial charge in [-0.1, -0.05) is 12.1 Å². The molecule has 27 heavy (non-hydrogen) atoms. The molecule has 7 heteroatoms. The Kier molecular flexibility index (Phi) is 7.05. The second-order valence-corrected chi connectivity index (χ2v) is 6.06. The van der Waals surface area contributed by atoms with Crippen molar-refractivity contribution in [2.75, 3.05) is 14.2 Å². The van der Waals surface area contributed by atoms with Crippen LogP contribution in [0.1, 0.15) is 29.8 Å². The van der Waals surface area contributed by atoms with Crippen molar-refractivity contribution in [3.8, 4) is 17.2 Å². The maximum absolute atomic E-state index is 12.2. The molecule has 2 N–H and O–H groups in total. The molecule has 0 aliphatic heterocycles. The summed E-state index contributed by atoms with van der Waals surface area (Å²) in [5, 5.41) is 0. The van der Waals surface area contributed by atoms with E-state index in [9.17, 15) is 9.59 Å². The molecule has 0 saturated heterocycles. The molecule has 2 amide bonds. The first kappa shape index (κ1) is 20.1. The molecule has 2 aromatic rings. The van der Waals surface area contributed by atoms with Crippen molar-refractivity contribution in [3.05, 3.63) is 53.6 Å². The van der Waals surface area contributed by atoms with Gasteiger partial charge in [0.15, 0.2) is 11.5 Å². The highest BCUT2D eigenvalue weighted by molar-refractivity contribution is 5.96. The van der Waals surface area contributed by atoms with E-state index in [1.807, 2.05) is 13.8 Å². The number of nitrogens with one attached hydrogen (secondary N) is 2. The molecular formula is C20H24N2O5. The second-order valence-electron chi connectivity index (χ2n) is 6.06. The van der Waals surface area contributed by atoms with Gasteiger partial charge in [-0.15, -0.1) is 0 Å². The number of amides is 2. The van der Waals surface area contributed by atoms with Gasteiger partial charge in [0.25, 0.3) is 5.91 Å². The van der Waals surface area contributed by atoms with Crippen LogP contribution >= 0.6 is 0 Å². The van der Waals surface area contributed by atoms with Crippen LogP contribution in [0.15, 0.2) is 42.5 Å². The Balaban J connectivity index is 1.93. The van der Waals surface area contributed by atoms with Gasteiger partial charge in [0.05, 0.1) is 26.7 Å². The van der Waals surface area contributed by atoms with E-state index in [1.54, 1.807) is 49.6 Å². The smallest absolute Gasteiger partial charge is 0.269 e. The van der Waals surface area contributed by atoms with E-state index >= 15 is 0 Å². The molecule has 7 nitrogen and oxygen atoms in total. The van der Waals surface area contributed by atoms with E-state index in [4.69, 9.17) is 14.2 Å². The summed E-state index contributed by atoms with van der Waals surface area (Å²) >= 11 is 0. The maximum atomic E-state index is 12.2. The lowest BCUT2D eigenvalue weighted by molar-refractivity contribution is -0.121. The summed E-state index contributed by atoms with van der Waals surface area (Å²) in [6, 6.07) is 11.9. The third-order valence-electron chi connectivity index (χ3n) is 3.63. The molecule has 0 bridgehead atoms. The fourth-order valence-corrected chi connectivity index (χ4v) is 2.33. The van der Waals surface area contributed by atoms with Crippen LogP contribution < -0.4 is 25.1 Å². The Morgan fingerprint density at radius 2 is 1.63 bits per heavy atom. The Labute approximate surface area is 158 Å². The van der Waals surface area contributed by atoms with Gasteiger partial charge in [-0.2, -0.15) is 0 Å². The molecule has 0 spiro atoms. The van der Waals surface area contributed by atoms with Gasteiger partial charge in [0.1, 0.15) is 5.75 Å². The van der Waals surface area contributed by atoms with Gasteiger partial charge in [0.2, 0.25) is 5.91 Å². The van der Waals surface area contributed by atoms with Crippen LogP contribution in [0.5, 0.6) is 17.2 Å². The average Bonchev–Trinajstić information content (AvgIpc) is 2.66. The molecule has 0 radical (unpaired) electrons. The number of carbonyl (C=O) groups is 2. The molecule has 0 aromatic heterocycles. The molecule has 0 heterocycles. The van der Waals surface area contributed by atoms with Crippen molar-refractivity contribution >= 4 is 11.8 Å². The van der Waals surface area contributed by atoms with Gasteiger partial charge in [-0.25, -0.2) is 0 Å². The summed E-state index contributed by atoms with van der Waals surface area (Å²) in [5.41, 5.74) is 5.94. The molecule has 0 saturated carbocycles. The van der Waals surface area contributed by atoms with E-state index in [2.05, 4.69) is 10.9 Å². The van der Waals surface area contributed by atoms with Crippen LogP contribution in [0.4, 0.5) is 0 Å². The molecule has 0 aliphatic carbocycles. The third-order valence-corrected chi connectivity index (χ3v) is 3.63. The average molecular weight is 372 g/mol. The SMILES string of the molecule is COc1ccc(CC(=O)NNC(=O)c2ccc(OC(C)C)c(OC)c2)cc1. The van der Waals surface area contributed by atoms with Crippen LogP contribution in [0.25, 0.3) is 0 Å². The first-order chi connectivity index (χ1) is 12.9. The first-order valence-corrected chi connectivity index (χ1v) is 8.49. The highest BCUT2D eigenvalue weighted by atomic mass is 16.5. The molecule has 144 valence electrons. The number of methoxy groups -OCH3 is 2. The summed E-state index contributed by atoms with van der Waals surface area (Å²) in [4.78, 5) is 24.2. The minimum absolute atomic E-state index is 0.0178. The van der Waals surface area contributed by atoms with Gasteiger partial charge in [-0.05, 0) is 49.7 Å². The zero-order valence-corrected chi connectivity index (χ0v) is 15.9. The molecule has 0 fully saturated rings. The summed E-state index contributed by atoms with van der Waals surface area (Å²) in [6.45, 7) is 3.80. The van der Waals surface area contributed by atoms with E-state index in [0.717, 1.165) is 5.56 Å². The molecule has 0 aliphatic rings. The second kappa shape index (κ2) is 9.47. The zero-order chi connectivity index (χ0) is 19.8. The number of hydrazine groups is 1. The van der Waals surface area contributed by atoms with Crippen molar-refractivity contribution in [2.45, 2.75) is 26.4 Å². The zero-order valence-electron chi connectivity index (χ0n) is 15.9. The summed E-state index contributed by atoms with van der Waals surface area (Å²) in [5.74, 6) is 0.924. The molecule has 0 unspecified atom stereocenters. The number of carbonyl (C=O) groups excluding carboxylic acids is 2. The predicted octanol–water partition coefficient (Wildman–Crippen LogP) is 2.49. The highest BCUT2D eigenvalue weighted by Crippen LogP contribution is 2.28. The Morgan fingerprint density at radius 1 is 0.926 bits per heavy atom. The Hall–Kier alpha value is -3.22. The minimum Gasteiger partial charge on any atom is -0.497 e. The summed E-state index contributed by atoms with van der Waals surface area (Å²) in [6.07, 6.45) is 0.116. The maximum Gasteiger partial charge on any atom is 0.269 e. The lowest BCUT2D eigenvalue weighted by Crippen LogP contribution is -2.42. The normalized spacial score (nSPS) is 10.3. The Morgan fingerprint density at radius 3 is 2.22 bits per heavy atom. The highest BCUT2D eigenvalue weighted by Gasteiger charge is 2.13. The summed E-state index contributed by atoms with van der Waals surface area (Å²) in [7, 11) is 3.08. The Bertz CT molecular complexity index is 787. The van der Waals surface area contributed by atoms with Gasteiger partial charge < -0.3 is 14.2 Å². The number of benzene rings is 2. The van der Waals surface area contributed by atoms with Gasteiger partial charge >= 0.3 is 0 Å². The van der Waals surface area contributed by atoms with Crippen molar-refractivity contribution in [1.29, 1.82) is 0 Å². The molecule has 2 rings (SSSR count). The first-order valence-electron chi connectivity index (χ1n) is 8.49. The summed E-state index contributed by atoms with van der Waals surface area (Å²) < 4.78 is 15.9. The van der Waals surface area contributed by atoms with Crippen molar-refractivity contribution in [3.63, 3.8) is 0 Å². The lowest BCUT2D eigenvalue weighted by atomic mass is 10.1. The molecular weight excluding hydrogens is 348 g/mol. The van der Waals surface area contributed by atoms with Crippen LogP contribution in [0, 0.1) is 0 Å². The molecule has 2 aromatic carbocycles. The van der Waals surface area contributed by atoms with Crippen molar-refractivity contribution < 1.29 is 23.8 Å². The standard InChI is InChI=1S/C20H24N2O5/c1-13(2)27-17-10-7-15(12-18(17)26-4)20(24)22-21-19(23)11-14-5-8-16(25-3)9-6-14/h5-10,12-13H,11H2,1-4H3,(H,21,23)(H,22,24). The largest absolute Gasteiger partial charge is 0.497 e. The van der Waals surface area contributed by atoms with E-state index in [0.29, 0.717) is 22.8 Å². The minimum atomic E-state index is -0.451. The van der Waals surface area contributed by atoms with Crippen LogP contribution in [-0.4, -0.2) is 32.1 Å². The van der Waals surface area contributed by atoms with Gasteiger partial charge in [-0.3, -0.25) is 20.4 Å². The van der Waals surface area contributed by atoms with Crippen LogP contribution in [-0.2, 0) is 11.2 Å². The van der Waals surface area contributed by atoms with E-state index in [-0.39, 0.29) is 18.4 Å². The monoisotopic (exact) mass is 372 g/mol.